The molecule has 0 radical (unpaired) electrons. The summed E-state index contributed by atoms with van der Waals surface area (Å²) < 4.78 is 12.7. The quantitative estimate of drug-likeness (QED) is 0.682. The van der Waals surface area contributed by atoms with Crippen molar-refractivity contribution in [1.82, 2.24) is 0 Å². The fourth-order valence-corrected chi connectivity index (χ4v) is 1.23. The van der Waals surface area contributed by atoms with Crippen LogP contribution in [0.2, 0.25) is 10.0 Å². The van der Waals surface area contributed by atoms with Gasteiger partial charge in [-0.25, -0.2) is 4.39 Å². The van der Waals surface area contributed by atoms with Gasteiger partial charge in [-0.05, 0) is 17.7 Å². The molecule has 60 valence electrons. The average Bonchev–Trinajstić information content (AvgIpc) is 1.99. The van der Waals surface area contributed by atoms with Crippen LogP contribution in [0.4, 0.5) is 4.39 Å². The van der Waals surface area contributed by atoms with E-state index in [2.05, 4.69) is 0 Å². The molecule has 0 heterocycles. The zero-order valence-electron chi connectivity index (χ0n) is 5.44. The second-order valence-electron chi connectivity index (χ2n) is 2.03. The summed E-state index contributed by atoms with van der Waals surface area (Å²) in [5.41, 5.74) is 0.501. The smallest absolute Gasteiger partial charge is 0.160 e. The van der Waals surface area contributed by atoms with Crippen molar-refractivity contribution in [2.24, 2.45) is 0 Å². The third-order valence-corrected chi connectivity index (χ3v) is 1.78. The lowest BCUT2D eigenvalue weighted by Crippen LogP contribution is -1.86. The number of benzene rings is 1. The molecule has 0 aliphatic heterocycles. The minimum atomic E-state index is -0.648. The topological polar surface area (TPSA) is 20.2 Å². The van der Waals surface area contributed by atoms with E-state index in [1.807, 2.05) is 0 Å². The highest BCUT2D eigenvalue weighted by molar-refractivity contribution is 6.34. The Hall–Kier alpha value is -0.310. The Bertz CT molecular complexity index is 252. The molecule has 0 saturated heterocycles. The minimum Gasteiger partial charge on any atom is -0.392 e. The molecular weight excluding hydrogens is 190 g/mol. The Kier molecular flexibility index (Phi) is 2.71. The molecule has 1 N–H and O–H groups in total. The van der Waals surface area contributed by atoms with E-state index >= 15 is 0 Å². The fraction of sp³-hybridized carbons (Fsp3) is 0.143. The minimum absolute atomic E-state index is 0.0680. The van der Waals surface area contributed by atoms with Crippen LogP contribution in [0.1, 0.15) is 5.56 Å². The third-order valence-electron chi connectivity index (χ3n) is 1.23. The standard InChI is InChI=1S/C7H5Cl2FO/c8-5-1-4(3-11)2-6(9)7(5)10/h1-2,11H,3H2. The second kappa shape index (κ2) is 3.39. The van der Waals surface area contributed by atoms with Gasteiger partial charge in [-0.15, -0.1) is 0 Å². The Morgan fingerprint density at radius 3 is 2.09 bits per heavy atom. The van der Waals surface area contributed by atoms with E-state index in [0.29, 0.717) is 5.56 Å². The molecule has 11 heavy (non-hydrogen) atoms. The summed E-state index contributed by atoms with van der Waals surface area (Å²) in [4.78, 5) is 0. The van der Waals surface area contributed by atoms with Gasteiger partial charge in [0.1, 0.15) is 0 Å². The van der Waals surface area contributed by atoms with Crippen LogP contribution in [0.15, 0.2) is 12.1 Å². The maximum Gasteiger partial charge on any atom is 0.160 e. The van der Waals surface area contributed by atoms with Gasteiger partial charge < -0.3 is 5.11 Å². The van der Waals surface area contributed by atoms with Crippen LogP contribution >= 0.6 is 23.2 Å². The highest BCUT2D eigenvalue weighted by Crippen LogP contribution is 2.24. The molecule has 4 heteroatoms. The van der Waals surface area contributed by atoms with Gasteiger partial charge in [-0.3, -0.25) is 0 Å². The van der Waals surface area contributed by atoms with Gasteiger partial charge in [-0.1, -0.05) is 23.2 Å². The highest BCUT2D eigenvalue weighted by atomic mass is 35.5. The van der Waals surface area contributed by atoms with Gasteiger partial charge in [0, 0.05) is 0 Å². The Morgan fingerprint density at radius 1 is 1.27 bits per heavy atom. The van der Waals surface area contributed by atoms with E-state index in [0.717, 1.165) is 0 Å². The number of rotatable bonds is 1. The van der Waals surface area contributed by atoms with Gasteiger partial charge in [0.25, 0.3) is 0 Å². The predicted octanol–water partition coefficient (Wildman–Crippen LogP) is 2.62. The first-order valence-electron chi connectivity index (χ1n) is 2.89. The van der Waals surface area contributed by atoms with Crippen molar-refractivity contribution < 1.29 is 9.50 Å². The van der Waals surface area contributed by atoms with Crippen molar-refractivity contribution in [3.05, 3.63) is 33.6 Å². The highest BCUT2D eigenvalue weighted by Gasteiger charge is 2.06. The predicted molar refractivity (Wildman–Crippen MR) is 42.3 cm³/mol. The first-order valence-corrected chi connectivity index (χ1v) is 3.65. The van der Waals surface area contributed by atoms with Gasteiger partial charge in [-0.2, -0.15) is 0 Å². The lowest BCUT2D eigenvalue weighted by atomic mass is 10.2. The summed E-state index contributed by atoms with van der Waals surface area (Å²) in [7, 11) is 0. The van der Waals surface area contributed by atoms with Gasteiger partial charge >= 0.3 is 0 Å². The summed E-state index contributed by atoms with van der Waals surface area (Å²) in [5, 5.41) is 8.50. The van der Waals surface area contributed by atoms with E-state index in [-0.39, 0.29) is 16.7 Å². The molecule has 0 fully saturated rings. The average molecular weight is 195 g/mol. The zero-order valence-corrected chi connectivity index (χ0v) is 6.95. The monoisotopic (exact) mass is 194 g/mol. The van der Waals surface area contributed by atoms with Crippen LogP contribution in [0.3, 0.4) is 0 Å². The molecule has 0 spiro atoms. The molecule has 0 aromatic heterocycles. The third kappa shape index (κ3) is 1.83. The molecule has 0 atom stereocenters. The van der Waals surface area contributed by atoms with Crippen molar-refractivity contribution in [2.45, 2.75) is 6.61 Å². The van der Waals surface area contributed by atoms with Gasteiger partial charge in [0.15, 0.2) is 5.82 Å². The number of hydrogen-bond donors (Lipinski definition) is 1. The SMILES string of the molecule is OCc1cc(Cl)c(F)c(Cl)c1. The lowest BCUT2D eigenvalue weighted by Gasteiger charge is -2.00. The summed E-state index contributed by atoms with van der Waals surface area (Å²) >= 11 is 10.9. The maximum absolute atomic E-state index is 12.7. The summed E-state index contributed by atoms with van der Waals surface area (Å²) in [6, 6.07) is 2.67. The number of hydrogen-bond acceptors (Lipinski definition) is 1. The largest absolute Gasteiger partial charge is 0.392 e. The van der Waals surface area contributed by atoms with Crippen LogP contribution in [0, 0.1) is 5.82 Å². The van der Waals surface area contributed by atoms with Crippen LogP contribution in [0.25, 0.3) is 0 Å². The molecule has 1 aromatic rings. The Balaban J connectivity index is 3.21. The van der Waals surface area contributed by atoms with Crippen molar-refractivity contribution in [2.75, 3.05) is 0 Å². The molecule has 0 amide bonds. The molecular formula is C7H5Cl2FO. The lowest BCUT2D eigenvalue weighted by molar-refractivity contribution is 0.281. The summed E-state index contributed by atoms with van der Waals surface area (Å²) in [6.07, 6.45) is 0. The van der Waals surface area contributed by atoms with Crippen molar-refractivity contribution in [3.8, 4) is 0 Å². The van der Waals surface area contributed by atoms with Crippen LogP contribution in [-0.2, 0) is 6.61 Å². The number of halogens is 3. The van der Waals surface area contributed by atoms with Crippen LogP contribution < -0.4 is 0 Å². The van der Waals surface area contributed by atoms with Gasteiger partial charge in [0.2, 0.25) is 0 Å². The summed E-state index contributed by atoms with van der Waals surface area (Å²) in [6.45, 7) is -0.195. The molecule has 0 aliphatic rings. The molecule has 0 bridgehead atoms. The number of aliphatic hydroxyl groups is 1. The van der Waals surface area contributed by atoms with E-state index < -0.39 is 5.82 Å². The second-order valence-corrected chi connectivity index (χ2v) is 2.85. The number of aliphatic hydroxyl groups excluding tert-OH is 1. The van der Waals surface area contributed by atoms with Crippen LogP contribution in [0.5, 0.6) is 0 Å². The fourth-order valence-electron chi connectivity index (χ4n) is 0.699. The van der Waals surface area contributed by atoms with Crippen molar-refractivity contribution >= 4 is 23.2 Å². The molecule has 1 rings (SSSR count). The van der Waals surface area contributed by atoms with Crippen LogP contribution in [-0.4, -0.2) is 5.11 Å². The molecule has 1 nitrogen and oxygen atoms in total. The first kappa shape index (κ1) is 8.78. The first-order chi connectivity index (χ1) is 5.15. The molecule has 0 unspecified atom stereocenters. The van der Waals surface area contributed by atoms with E-state index in [1.54, 1.807) is 0 Å². The van der Waals surface area contributed by atoms with E-state index in [1.165, 1.54) is 12.1 Å². The Labute approximate surface area is 73.4 Å². The zero-order chi connectivity index (χ0) is 8.43. The molecule has 1 aromatic carbocycles. The van der Waals surface area contributed by atoms with Gasteiger partial charge in [0.05, 0.1) is 16.7 Å². The van der Waals surface area contributed by atoms with E-state index in [9.17, 15) is 4.39 Å². The molecule has 0 saturated carbocycles. The van der Waals surface area contributed by atoms with E-state index in [4.69, 9.17) is 28.3 Å². The Morgan fingerprint density at radius 2 is 1.73 bits per heavy atom. The summed E-state index contributed by atoms with van der Waals surface area (Å²) in [5.74, 6) is -0.648. The normalized spacial score (nSPS) is 10.2. The maximum atomic E-state index is 12.7. The molecule has 0 aliphatic carbocycles. The van der Waals surface area contributed by atoms with Crippen molar-refractivity contribution in [3.63, 3.8) is 0 Å². The van der Waals surface area contributed by atoms with Crippen molar-refractivity contribution in [1.29, 1.82) is 0 Å².